The van der Waals surface area contributed by atoms with Crippen molar-refractivity contribution in [3.05, 3.63) is 76.6 Å². The van der Waals surface area contributed by atoms with Crippen molar-refractivity contribution in [1.29, 1.82) is 0 Å². The highest BCUT2D eigenvalue weighted by atomic mass is 35.5. The molecule has 0 unspecified atom stereocenters. The highest BCUT2D eigenvalue weighted by molar-refractivity contribution is 7.90. The van der Waals surface area contributed by atoms with Gasteiger partial charge in [-0.25, -0.2) is 18.1 Å². The first-order valence-corrected chi connectivity index (χ1v) is 16.1. The third-order valence-electron chi connectivity index (χ3n) is 7.92. The fraction of sp³-hybridized carbons (Fsp3) is 0.333. The van der Waals surface area contributed by atoms with E-state index in [4.69, 9.17) is 9.47 Å². The summed E-state index contributed by atoms with van der Waals surface area (Å²) in [5.74, 6) is -0.168. The lowest BCUT2D eigenvalue weighted by Crippen LogP contribution is -2.43. The van der Waals surface area contributed by atoms with Crippen LogP contribution >= 0.6 is 24.8 Å². The van der Waals surface area contributed by atoms with Gasteiger partial charge in [0.15, 0.2) is 0 Å². The van der Waals surface area contributed by atoms with Crippen molar-refractivity contribution in [3.63, 3.8) is 0 Å². The van der Waals surface area contributed by atoms with E-state index in [2.05, 4.69) is 30.2 Å². The number of aromatic amines is 1. The smallest absolute Gasteiger partial charge is 0.293 e. The number of pyridine rings is 1. The normalized spacial score (nSPS) is 15.3. The zero-order valence-corrected chi connectivity index (χ0v) is 27.6. The van der Waals surface area contributed by atoms with Gasteiger partial charge in [-0.1, -0.05) is 0 Å². The predicted octanol–water partition coefficient (Wildman–Crippen LogP) is 4.47. The van der Waals surface area contributed by atoms with Gasteiger partial charge in [0, 0.05) is 75.3 Å². The lowest BCUT2D eigenvalue weighted by Gasteiger charge is -2.30. The number of hydrogen-bond acceptors (Lipinski definition) is 11. The van der Waals surface area contributed by atoms with Gasteiger partial charge < -0.3 is 30.0 Å². The molecule has 2 aliphatic rings. The van der Waals surface area contributed by atoms with E-state index in [0.29, 0.717) is 31.2 Å². The Morgan fingerprint density at radius 2 is 1.85 bits per heavy atom. The second kappa shape index (κ2) is 15.6. The first kappa shape index (κ1) is 35.7. The number of fused-ring (bicyclic) bond motifs is 1. The van der Waals surface area contributed by atoms with E-state index in [0.717, 1.165) is 56.2 Å². The molecule has 0 radical (unpaired) electrons. The number of benzene rings is 2. The van der Waals surface area contributed by atoms with E-state index < -0.39 is 31.4 Å². The summed E-state index contributed by atoms with van der Waals surface area (Å²) in [4.78, 5) is 33.8. The van der Waals surface area contributed by atoms with E-state index in [9.17, 15) is 23.3 Å². The molecule has 2 aliphatic heterocycles. The number of nitrogens with zero attached hydrogens (tertiary/aromatic N) is 3. The minimum absolute atomic E-state index is 0. The van der Waals surface area contributed by atoms with Crippen molar-refractivity contribution in [1.82, 2.24) is 20.0 Å². The summed E-state index contributed by atoms with van der Waals surface area (Å²) in [7, 11) is -4.50. The van der Waals surface area contributed by atoms with E-state index in [1.807, 2.05) is 6.07 Å². The average Bonchev–Trinajstić information content (AvgIpc) is 3.52. The van der Waals surface area contributed by atoms with Crippen LogP contribution in [-0.2, 0) is 14.8 Å². The summed E-state index contributed by atoms with van der Waals surface area (Å²) in [6.07, 6.45) is 4.91. The lowest BCUT2D eigenvalue weighted by atomic mass is 10.0. The van der Waals surface area contributed by atoms with Crippen molar-refractivity contribution < 1.29 is 27.6 Å². The van der Waals surface area contributed by atoms with Gasteiger partial charge in [-0.2, -0.15) is 0 Å². The van der Waals surface area contributed by atoms with Crippen LogP contribution in [0.3, 0.4) is 0 Å². The van der Waals surface area contributed by atoms with Crippen LogP contribution in [0.4, 0.5) is 17.1 Å². The van der Waals surface area contributed by atoms with Crippen LogP contribution in [-0.4, -0.2) is 75.2 Å². The molecule has 0 spiro atoms. The number of rotatable bonds is 10. The number of H-pyrrole nitrogens is 1. The maximum absolute atomic E-state index is 13.5. The van der Waals surface area contributed by atoms with Crippen LogP contribution in [0, 0.1) is 16.0 Å². The Kier molecular flexibility index (Phi) is 11.9. The van der Waals surface area contributed by atoms with E-state index in [1.54, 1.807) is 24.4 Å². The van der Waals surface area contributed by atoms with E-state index >= 15 is 0 Å². The lowest BCUT2D eigenvalue weighted by molar-refractivity contribution is -0.384. The molecule has 4 aromatic rings. The SMILES string of the molecule is Cl.Cl.O=C(NS(=O)(=O)c1ccc(NCC2CCOCC2)c([N+](=O)[O-])c1)c1ccc(N2CCNCC2)cc1Oc1cnc2[nH]ccc2c1. The maximum Gasteiger partial charge on any atom is 0.293 e. The van der Waals surface area contributed by atoms with Crippen molar-refractivity contribution in [2.75, 3.05) is 56.2 Å². The van der Waals surface area contributed by atoms with Crippen LogP contribution in [0.25, 0.3) is 11.0 Å². The number of nitro groups is 1. The van der Waals surface area contributed by atoms with Gasteiger partial charge >= 0.3 is 0 Å². The highest BCUT2D eigenvalue weighted by Gasteiger charge is 2.26. The number of carbonyl (C=O) groups is 1. The van der Waals surface area contributed by atoms with Crippen molar-refractivity contribution in [2.24, 2.45) is 5.92 Å². The molecule has 2 fully saturated rings. The summed E-state index contributed by atoms with van der Waals surface area (Å²) >= 11 is 0. The number of halogens is 2. The fourth-order valence-corrected chi connectivity index (χ4v) is 6.41. The molecule has 14 nitrogen and oxygen atoms in total. The van der Waals surface area contributed by atoms with Crippen LogP contribution < -0.4 is 25.0 Å². The standard InChI is InChI=1S/C30H33N7O7S.2ClH/c38-30(35-45(41,42)24-2-4-26(27(17-24)37(39)40)33-18-20-6-13-43-14-7-20)25-3-1-22(36-11-9-31-10-12-36)16-28(25)44-23-15-21-5-8-32-29(21)34-19-23;;/h1-5,8,15-17,19-20,31,33H,6-7,9-14,18H2,(H,32,34)(H,35,38);2*1H. The van der Waals surface area contributed by atoms with Gasteiger partial charge in [0.2, 0.25) is 0 Å². The predicted molar refractivity (Wildman–Crippen MR) is 182 cm³/mol. The minimum atomic E-state index is -4.50. The first-order valence-electron chi connectivity index (χ1n) is 14.6. The Labute approximate surface area is 283 Å². The third-order valence-corrected chi connectivity index (χ3v) is 9.25. The second-order valence-electron chi connectivity index (χ2n) is 10.9. The van der Waals surface area contributed by atoms with Crippen LogP contribution in [0.2, 0.25) is 0 Å². The number of aromatic nitrogens is 2. The number of anilines is 2. The Balaban J connectivity index is 0.00000250. The number of amides is 1. The van der Waals surface area contributed by atoms with Crippen molar-refractivity contribution in [3.8, 4) is 11.5 Å². The first-order chi connectivity index (χ1) is 21.8. The van der Waals surface area contributed by atoms with Gasteiger partial charge in [-0.05, 0) is 55.2 Å². The molecule has 0 saturated carbocycles. The summed E-state index contributed by atoms with van der Waals surface area (Å²) in [5, 5.41) is 19.0. The van der Waals surface area contributed by atoms with E-state index in [1.165, 1.54) is 24.4 Å². The molecular formula is C30H35Cl2N7O7S. The molecule has 2 aromatic heterocycles. The number of piperazine rings is 1. The Hall–Kier alpha value is -4.15. The topological polar surface area (TPSA) is 181 Å². The number of sulfonamides is 1. The molecule has 0 atom stereocenters. The Morgan fingerprint density at radius 3 is 2.60 bits per heavy atom. The summed E-state index contributed by atoms with van der Waals surface area (Å²) in [5.41, 5.74) is 1.23. The number of carbonyl (C=O) groups excluding carboxylic acids is 1. The Morgan fingerprint density at radius 1 is 1.09 bits per heavy atom. The van der Waals surface area contributed by atoms with Gasteiger partial charge in [0.25, 0.3) is 21.6 Å². The molecule has 1 amide bonds. The molecule has 17 heteroatoms. The van der Waals surface area contributed by atoms with Gasteiger partial charge in [-0.3, -0.25) is 14.9 Å². The zero-order valence-electron chi connectivity index (χ0n) is 25.1. The molecule has 4 N–H and O–H groups in total. The monoisotopic (exact) mass is 707 g/mol. The fourth-order valence-electron chi connectivity index (χ4n) is 5.43. The van der Waals surface area contributed by atoms with Crippen LogP contribution in [0.15, 0.2) is 65.8 Å². The maximum atomic E-state index is 13.5. The molecule has 47 heavy (non-hydrogen) atoms. The Bertz CT molecular complexity index is 1830. The van der Waals surface area contributed by atoms with E-state index in [-0.39, 0.29) is 47.7 Å². The summed E-state index contributed by atoms with van der Waals surface area (Å²) < 4.78 is 40.2. The van der Waals surface area contributed by atoms with Gasteiger partial charge in [0.05, 0.1) is 21.6 Å². The number of ether oxygens (including phenoxy) is 2. The zero-order chi connectivity index (χ0) is 31.4. The van der Waals surface area contributed by atoms with Crippen LogP contribution in [0.1, 0.15) is 23.2 Å². The van der Waals surface area contributed by atoms with Crippen molar-refractivity contribution in [2.45, 2.75) is 17.7 Å². The summed E-state index contributed by atoms with van der Waals surface area (Å²) in [6.45, 7) is 4.84. The van der Waals surface area contributed by atoms with Gasteiger partial charge in [-0.15, -0.1) is 24.8 Å². The van der Waals surface area contributed by atoms with Crippen molar-refractivity contribution >= 4 is 68.8 Å². The number of nitrogens with one attached hydrogen (secondary N) is 4. The molecule has 0 aliphatic carbocycles. The quantitative estimate of drug-likeness (QED) is 0.135. The third kappa shape index (κ3) is 8.42. The average molecular weight is 709 g/mol. The second-order valence-corrected chi connectivity index (χ2v) is 12.6. The summed E-state index contributed by atoms with van der Waals surface area (Å²) in [6, 6.07) is 12.0. The molecule has 2 saturated heterocycles. The molecular weight excluding hydrogens is 673 g/mol. The van der Waals surface area contributed by atoms with Gasteiger partial charge in [0.1, 0.15) is 22.8 Å². The highest BCUT2D eigenvalue weighted by Crippen LogP contribution is 2.33. The molecule has 6 rings (SSSR count). The molecule has 2 aromatic carbocycles. The number of hydrogen-bond donors (Lipinski definition) is 4. The molecule has 252 valence electrons. The van der Waals surface area contributed by atoms with Crippen LogP contribution in [0.5, 0.6) is 11.5 Å². The molecule has 0 bridgehead atoms. The molecule has 4 heterocycles. The minimum Gasteiger partial charge on any atom is -0.455 e. The number of nitro benzene ring substituents is 1. The largest absolute Gasteiger partial charge is 0.455 e.